The van der Waals surface area contributed by atoms with Crippen molar-refractivity contribution in [1.82, 2.24) is 0 Å². The van der Waals surface area contributed by atoms with Crippen molar-refractivity contribution >= 4 is 69.2 Å². The molecule has 1 saturated heterocycles. The largest absolute Gasteiger partial charge is 0.490 e. The second-order valence-electron chi connectivity index (χ2n) is 7.76. The topological polar surface area (TPSA) is 67.9 Å². The summed E-state index contributed by atoms with van der Waals surface area (Å²) < 4.78 is 11.9. The predicted molar refractivity (Wildman–Crippen MR) is 150 cm³/mol. The van der Waals surface area contributed by atoms with E-state index in [1.165, 1.54) is 11.8 Å². The van der Waals surface area contributed by atoms with Crippen LogP contribution in [-0.4, -0.2) is 29.3 Å². The second-order valence-corrected chi connectivity index (χ2v) is 9.84. The van der Waals surface area contributed by atoms with Crippen LogP contribution in [0.5, 0.6) is 11.5 Å². The Morgan fingerprint density at radius 2 is 1.83 bits per heavy atom. The number of ether oxygens (including phenoxy) is 2. The quantitative estimate of drug-likeness (QED) is 0.262. The summed E-state index contributed by atoms with van der Waals surface area (Å²) in [5, 5.41) is 3.16. The number of thioether (sulfide) groups is 1. The molecule has 0 saturated carbocycles. The number of benzene rings is 3. The molecule has 0 atom stereocenters. The van der Waals surface area contributed by atoms with Gasteiger partial charge in [0.25, 0.3) is 11.8 Å². The third-order valence-corrected chi connectivity index (χ3v) is 6.85. The van der Waals surface area contributed by atoms with E-state index in [1.807, 2.05) is 38.1 Å². The Balaban J connectivity index is 1.49. The molecule has 0 spiro atoms. The molecule has 3 aromatic rings. The van der Waals surface area contributed by atoms with Crippen molar-refractivity contribution in [2.24, 2.45) is 0 Å². The minimum Gasteiger partial charge on any atom is -0.490 e. The number of rotatable bonds is 8. The standard InChI is InChI=1S/C27H23ClN2O4S2/c1-3-33-23-14-18(12-13-22(23)34-16-25(31)29-20-10-6-5-9-19(20)28)15-24-26(32)30(27(35)36-24)21-11-7-4-8-17(21)2/h4-15H,3,16H2,1-2H3,(H,29,31)/b24-15-. The number of anilines is 2. The Kier molecular flexibility index (Phi) is 8.30. The minimum absolute atomic E-state index is 0.172. The number of carbonyl (C=O) groups excluding carboxylic acids is 2. The molecule has 1 N–H and O–H groups in total. The maximum absolute atomic E-state index is 13.1. The van der Waals surface area contributed by atoms with Crippen LogP contribution in [0.25, 0.3) is 6.08 Å². The number of nitrogens with one attached hydrogen (secondary N) is 1. The number of para-hydroxylation sites is 2. The van der Waals surface area contributed by atoms with E-state index in [-0.39, 0.29) is 18.4 Å². The fourth-order valence-corrected chi connectivity index (χ4v) is 5.00. The van der Waals surface area contributed by atoms with E-state index >= 15 is 0 Å². The summed E-state index contributed by atoms with van der Waals surface area (Å²) in [4.78, 5) is 27.5. The molecule has 0 radical (unpaired) electrons. The van der Waals surface area contributed by atoms with Gasteiger partial charge >= 0.3 is 0 Å². The van der Waals surface area contributed by atoms with Crippen LogP contribution in [0.1, 0.15) is 18.1 Å². The molecule has 1 aliphatic heterocycles. The van der Waals surface area contributed by atoms with Gasteiger partial charge in [0, 0.05) is 0 Å². The summed E-state index contributed by atoms with van der Waals surface area (Å²) >= 11 is 12.8. The van der Waals surface area contributed by atoms with Crippen LogP contribution in [0.4, 0.5) is 11.4 Å². The molecule has 1 aliphatic rings. The van der Waals surface area contributed by atoms with Crippen molar-refractivity contribution in [3.63, 3.8) is 0 Å². The molecular weight excluding hydrogens is 516 g/mol. The highest BCUT2D eigenvalue weighted by Crippen LogP contribution is 2.38. The maximum atomic E-state index is 13.1. The van der Waals surface area contributed by atoms with Crippen LogP contribution >= 0.6 is 35.6 Å². The smallest absolute Gasteiger partial charge is 0.270 e. The maximum Gasteiger partial charge on any atom is 0.270 e. The molecule has 6 nitrogen and oxygen atoms in total. The average Bonchev–Trinajstić information content (AvgIpc) is 3.13. The molecular formula is C27H23ClN2O4S2. The van der Waals surface area contributed by atoms with E-state index in [4.69, 9.17) is 33.3 Å². The third kappa shape index (κ3) is 5.90. The lowest BCUT2D eigenvalue weighted by atomic mass is 10.1. The number of amides is 2. The normalized spacial score (nSPS) is 14.3. The number of hydrogen-bond acceptors (Lipinski definition) is 6. The van der Waals surface area contributed by atoms with Crippen LogP contribution in [0.15, 0.2) is 71.6 Å². The Hall–Kier alpha value is -3.33. The van der Waals surface area contributed by atoms with E-state index < -0.39 is 0 Å². The predicted octanol–water partition coefficient (Wildman–Crippen LogP) is 6.47. The van der Waals surface area contributed by atoms with Crippen LogP contribution in [0.3, 0.4) is 0 Å². The van der Waals surface area contributed by atoms with Crippen molar-refractivity contribution in [1.29, 1.82) is 0 Å². The lowest BCUT2D eigenvalue weighted by Gasteiger charge is -2.16. The molecule has 36 heavy (non-hydrogen) atoms. The Bertz CT molecular complexity index is 1360. The number of hydrogen-bond donors (Lipinski definition) is 1. The zero-order valence-electron chi connectivity index (χ0n) is 19.6. The lowest BCUT2D eigenvalue weighted by molar-refractivity contribution is -0.118. The van der Waals surface area contributed by atoms with Gasteiger partial charge in [-0.15, -0.1) is 0 Å². The van der Waals surface area contributed by atoms with E-state index in [1.54, 1.807) is 53.4 Å². The van der Waals surface area contributed by atoms with Crippen LogP contribution in [0.2, 0.25) is 5.02 Å². The van der Waals surface area contributed by atoms with Gasteiger partial charge in [-0.1, -0.05) is 72.0 Å². The molecule has 2 amide bonds. The first kappa shape index (κ1) is 25.8. The van der Waals surface area contributed by atoms with Crippen LogP contribution in [0, 0.1) is 6.92 Å². The number of halogens is 1. The monoisotopic (exact) mass is 538 g/mol. The molecule has 0 bridgehead atoms. The molecule has 1 heterocycles. The van der Waals surface area contributed by atoms with E-state index in [2.05, 4.69) is 5.32 Å². The van der Waals surface area contributed by atoms with Crippen LogP contribution < -0.4 is 19.7 Å². The molecule has 4 rings (SSSR count). The van der Waals surface area contributed by atoms with Gasteiger partial charge in [0.05, 0.1) is 27.9 Å². The van der Waals surface area contributed by atoms with Gasteiger partial charge in [-0.05, 0) is 61.4 Å². The first-order chi connectivity index (χ1) is 17.4. The van der Waals surface area contributed by atoms with Crippen molar-refractivity contribution in [3.05, 3.63) is 87.8 Å². The highest BCUT2D eigenvalue weighted by atomic mass is 35.5. The molecule has 0 aromatic heterocycles. The number of aryl methyl sites for hydroxylation is 1. The number of thiocarbonyl (C=S) groups is 1. The van der Waals surface area contributed by atoms with Crippen molar-refractivity contribution in [2.75, 3.05) is 23.4 Å². The zero-order valence-corrected chi connectivity index (χ0v) is 22.0. The Labute approximate surface area is 224 Å². The van der Waals surface area contributed by atoms with Gasteiger partial charge in [0.15, 0.2) is 22.4 Å². The molecule has 9 heteroatoms. The summed E-state index contributed by atoms with van der Waals surface area (Å²) in [5.41, 5.74) is 3.00. The summed E-state index contributed by atoms with van der Waals surface area (Å²) in [6.07, 6.45) is 1.77. The van der Waals surface area contributed by atoms with E-state index in [0.29, 0.717) is 38.0 Å². The fraction of sp³-hybridized carbons (Fsp3) is 0.148. The van der Waals surface area contributed by atoms with Crippen molar-refractivity contribution < 1.29 is 19.1 Å². The van der Waals surface area contributed by atoms with Gasteiger partial charge in [0.2, 0.25) is 0 Å². The highest BCUT2D eigenvalue weighted by molar-refractivity contribution is 8.27. The summed E-state index contributed by atoms with van der Waals surface area (Å²) in [6.45, 7) is 3.98. The van der Waals surface area contributed by atoms with E-state index in [9.17, 15) is 9.59 Å². The molecule has 1 fully saturated rings. The number of carbonyl (C=O) groups is 2. The Morgan fingerprint density at radius 1 is 1.08 bits per heavy atom. The van der Waals surface area contributed by atoms with Gasteiger partial charge < -0.3 is 14.8 Å². The first-order valence-corrected chi connectivity index (χ1v) is 12.7. The van der Waals surface area contributed by atoms with Gasteiger partial charge in [-0.2, -0.15) is 0 Å². The SMILES string of the molecule is CCOc1cc(/C=C2\SC(=S)N(c3ccccc3C)C2=O)ccc1OCC(=O)Nc1ccccc1Cl. The average molecular weight is 539 g/mol. The van der Waals surface area contributed by atoms with Gasteiger partial charge in [-0.25, -0.2) is 0 Å². The van der Waals surface area contributed by atoms with E-state index in [0.717, 1.165) is 16.8 Å². The van der Waals surface area contributed by atoms with Crippen LogP contribution in [-0.2, 0) is 9.59 Å². The van der Waals surface area contributed by atoms with Gasteiger partial charge in [-0.3, -0.25) is 14.5 Å². The van der Waals surface area contributed by atoms with Gasteiger partial charge in [0.1, 0.15) is 0 Å². The molecule has 184 valence electrons. The summed E-state index contributed by atoms with van der Waals surface area (Å²) in [7, 11) is 0. The summed E-state index contributed by atoms with van der Waals surface area (Å²) in [5.74, 6) is 0.352. The van der Waals surface area contributed by atoms with Crippen molar-refractivity contribution in [2.45, 2.75) is 13.8 Å². The molecule has 0 unspecified atom stereocenters. The fourth-order valence-electron chi connectivity index (χ4n) is 3.54. The van der Waals surface area contributed by atoms with Crippen molar-refractivity contribution in [3.8, 4) is 11.5 Å². The first-order valence-electron chi connectivity index (χ1n) is 11.1. The zero-order chi connectivity index (χ0) is 25.7. The highest BCUT2D eigenvalue weighted by Gasteiger charge is 2.34. The second kappa shape index (κ2) is 11.6. The summed E-state index contributed by atoms with van der Waals surface area (Å²) in [6, 6.07) is 19.9. The molecule has 3 aromatic carbocycles. The molecule has 0 aliphatic carbocycles. The minimum atomic E-state index is -0.352. The lowest BCUT2D eigenvalue weighted by Crippen LogP contribution is -2.28. The Morgan fingerprint density at radius 3 is 2.58 bits per heavy atom. The number of nitrogens with zero attached hydrogens (tertiary/aromatic N) is 1. The third-order valence-electron chi connectivity index (χ3n) is 5.22.